The summed E-state index contributed by atoms with van der Waals surface area (Å²) in [6.07, 6.45) is 5.82. The summed E-state index contributed by atoms with van der Waals surface area (Å²) in [6.45, 7) is -0.241. The maximum atomic E-state index is 13.9. The van der Waals surface area contributed by atoms with Crippen LogP contribution in [0.2, 0.25) is 0 Å². The van der Waals surface area contributed by atoms with Gasteiger partial charge in [0.2, 0.25) is 17.7 Å². The smallest absolute Gasteiger partial charge is 0.246 e. The number of fused-ring (bicyclic) bond motifs is 2. The lowest BCUT2D eigenvalue weighted by Gasteiger charge is -2.30. The summed E-state index contributed by atoms with van der Waals surface area (Å²) in [5, 5.41) is 16.8. The topological polar surface area (TPSA) is 173 Å². The van der Waals surface area contributed by atoms with Crippen LogP contribution in [0.25, 0.3) is 21.8 Å². The van der Waals surface area contributed by atoms with Gasteiger partial charge in [-0.25, -0.2) is 0 Å². The number of aromatic amines is 2. The van der Waals surface area contributed by atoms with E-state index in [0.717, 1.165) is 32.9 Å². The minimum Gasteiger partial charge on any atom is -0.394 e. The summed E-state index contributed by atoms with van der Waals surface area (Å²) in [7, 11) is 0. The molecule has 0 saturated carbocycles. The number of nitrogens with zero attached hydrogens (tertiary/aromatic N) is 1. The van der Waals surface area contributed by atoms with Gasteiger partial charge in [0.15, 0.2) is 0 Å². The lowest BCUT2D eigenvalue weighted by atomic mass is 10.0. The zero-order valence-electron chi connectivity index (χ0n) is 22.5. The first-order valence-electron chi connectivity index (χ1n) is 13.7. The van der Waals surface area contributed by atoms with E-state index in [9.17, 15) is 24.3 Å². The Labute approximate surface area is 236 Å². The number of aldehydes is 1. The number of aromatic nitrogens is 2. The lowest BCUT2D eigenvalue weighted by Crippen LogP contribution is -2.57. The van der Waals surface area contributed by atoms with Crippen molar-refractivity contribution in [3.8, 4) is 0 Å². The fourth-order valence-electron chi connectivity index (χ4n) is 5.53. The molecule has 41 heavy (non-hydrogen) atoms. The number of nitrogens with two attached hydrogens (primary N) is 1. The number of hydrogen-bond acceptors (Lipinski definition) is 6. The molecule has 5 rings (SSSR count). The van der Waals surface area contributed by atoms with Gasteiger partial charge in [0.25, 0.3) is 0 Å². The predicted octanol–water partition coefficient (Wildman–Crippen LogP) is 0.914. The number of carbonyl (C=O) groups excluding carboxylic acids is 4. The van der Waals surface area contributed by atoms with Crippen LogP contribution in [0.1, 0.15) is 24.0 Å². The van der Waals surface area contributed by atoms with Crippen molar-refractivity contribution >= 4 is 45.8 Å². The Morgan fingerprint density at radius 1 is 0.976 bits per heavy atom. The van der Waals surface area contributed by atoms with E-state index >= 15 is 0 Å². The van der Waals surface area contributed by atoms with E-state index in [-0.39, 0.29) is 6.42 Å². The van der Waals surface area contributed by atoms with Gasteiger partial charge in [-0.2, -0.15) is 0 Å². The van der Waals surface area contributed by atoms with Gasteiger partial charge in [-0.15, -0.1) is 0 Å². The number of aliphatic hydroxyl groups excluding tert-OH is 1. The Balaban J connectivity index is 1.32. The predicted molar refractivity (Wildman–Crippen MR) is 154 cm³/mol. The molecular weight excluding hydrogens is 524 g/mol. The molecule has 4 atom stereocenters. The van der Waals surface area contributed by atoms with E-state index in [2.05, 4.69) is 20.6 Å². The highest BCUT2D eigenvalue weighted by molar-refractivity contribution is 5.95. The first kappa shape index (κ1) is 28.1. The molecule has 11 heteroatoms. The quantitative estimate of drug-likeness (QED) is 0.149. The van der Waals surface area contributed by atoms with Gasteiger partial charge in [-0.1, -0.05) is 36.4 Å². The maximum Gasteiger partial charge on any atom is 0.246 e. The maximum absolute atomic E-state index is 13.9. The Morgan fingerprint density at radius 2 is 1.59 bits per heavy atom. The molecule has 0 radical (unpaired) electrons. The number of H-pyrrole nitrogens is 2. The summed E-state index contributed by atoms with van der Waals surface area (Å²) in [6, 6.07) is 11.6. The SMILES string of the molecule is N[C@@H](CO)C(=O)N[C@@H](Cc1c[nH]c2ccccc12)C(=O)N1CCC[C@H]1C(=O)N[C@H](C=O)Cc1c[nH]c2ccccc12. The molecule has 0 bridgehead atoms. The number of aliphatic hydroxyl groups is 1. The summed E-state index contributed by atoms with van der Waals surface area (Å²) >= 11 is 0. The van der Waals surface area contributed by atoms with E-state index < -0.39 is 48.5 Å². The van der Waals surface area contributed by atoms with Gasteiger partial charge in [0, 0.05) is 53.6 Å². The third-order valence-corrected chi connectivity index (χ3v) is 7.69. The Kier molecular flexibility index (Phi) is 8.46. The number of carbonyl (C=O) groups is 4. The summed E-state index contributed by atoms with van der Waals surface area (Å²) in [4.78, 5) is 59.7. The molecule has 7 N–H and O–H groups in total. The fraction of sp³-hybridized carbons (Fsp3) is 0.333. The van der Waals surface area contributed by atoms with Gasteiger partial charge in [0.1, 0.15) is 24.4 Å². The van der Waals surface area contributed by atoms with Crippen molar-refractivity contribution < 1.29 is 24.3 Å². The van der Waals surface area contributed by atoms with Crippen molar-refractivity contribution in [1.29, 1.82) is 0 Å². The number of benzene rings is 2. The molecule has 2 aromatic heterocycles. The Hall–Kier alpha value is -4.48. The van der Waals surface area contributed by atoms with E-state index in [0.29, 0.717) is 32.1 Å². The summed E-state index contributed by atoms with van der Waals surface area (Å²) < 4.78 is 0. The molecule has 3 heterocycles. The minimum atomic E-state index is -1.19. The van der Waals surface area contributed by atoms with E-state index in [1.165, 1.54) is 4.90 Å². The van der Waals surface area contributed by atoms with Crippen LogP contribution in [0.5, 0.6) is 0 Å². The number of amides is 3. The zero-order valence-corrected chi connectivity index (χ0v) is 22.5. The van der Waals surface area contributed by atoms with Crippen LogP contribution >= 0.6 is 0 Å². The lowest BCUT2D eigenvalue weighted by molar-refractivity contribution is -0.142. The molecule has 214 valence electrons. The van der Waals surface area contributed by atoms with Gasteiger partial charge in [-0.3, -0.25) is 14.4 Å². The zero-order chi connectivity index (χ0) is 28.9. The molecule has 0 unspecified atom stereocenters. The normalized spacial score (nSPS) is 17.3. The van der Waals surface area contributed by atoms with Crippen molar-refractivity contribution in [2.45, 2.75) is 49.9 Å². The number of para-hydroxylation sites is 2. The summed E-state index contributed by atoms with van der Waals surface area (Å²) in [5.41, 5.74) is 9.27. The average Bonchev–Trinajstić information content (AvgIpc) is 3.75. The Morgan fingerprint density at radius 3 is 2.20 bits per heavy atom. The molecule has 1 fully saturated rings. The van der Waals surface area contributed by atoms with Crippen LogP contribution in [-0.4, -0.2) is 81.3 Å². The van der Waals surface area contributed by atoms with Crippen molar-refractivity contribution in [3.05, 3.63) is 72.1 Å². The Bertz CT molecular complexity index is 1560. The highest BCUT2D eigenvalue weighted by Gasteiger charge is 2.39. The first-order valence-corrected chi connectivity index (χ1v) is 13.7. The van der Waals surface area contributed by atoms with Crippen LogP contribution in [0.3, 0.4) is 0 Å². The monoisotopic (exact) mass is 558 g/mol. The second kappa shape index (κ2) is 12.4. The van der Waals surface area contributed by atoms with Crippen molar-refractivity contribution in [2.75, 3.05) is 13.2 Å². The van der Waals surface area contributed by atoms with Crippen LogP contribution < -0.4 is 16.4 Å². The molecule has 1 aliphatic heterocycles. The molecule has 4 aromatic rings. The largest absolute Gasteiger partial charge is 0.394 e. The second-order valence-corrected chi connectivity index (χ2v) is 10.4. The standard InChI is InChI=1S/C30H34N6O5/c31-23(17-38)28(39)35-26(13-19-15-33-25-9-4-2-7-22(19)25)30(41)36-11-5-10-27(36)29(40)34-20(16-37)12-18-14-32-24-8-3-1-6-21(18)24/h1-4,6-9,14-16,20,23,26-27,32-33,38H,5,10-13,17,31H2,(H,34,40)(H,35,39)/t20-,23-,26-,27-/m0/s1. The third-order valence-electron chi connectivity index (χ3n) is 7.69. The van der Waals surface area contributed by atoms with Gasteiger partial charge >= 0.3 is 0 Å². The number of rotatable bonds is 11. The van der Waals surface area contributed by atoms with Crippen LogP contribution in [0, 0.1) is 0 Å². The van der Waals surface area contributed by atoms with Gasteiger partial charge < -0.3 is 41.1 Å². The average molecular weight is 559 g/mol. The number of hydrogen-bond donors (Lipinski definition) is 6. The molecule has 0 spiro atoms. The number of likely N-dealkylation sites (tertiary alicyclic amines) is 1. The van der Waals surface area contributed by atoms with Crippen molar-refractivity contribution in [2.24, 2.45) is 5.73 Å². The van der Waals surface area contributed by atoms with E-state index in [4.69, 9.17) is 5.73 Å². The third kappa shape index (κ3) is 6.01. The van der Waals surface area contributed by atoms with E-state index in [1.807, 2.05) is 54.7 Å². The first-order chi connectivity index (χ1) is 19.9. The molecule has 0 aliphatic carbocycles. The molecule has 1 aliphatic rings. The highest BCUT2D eigenvalue weighted by Crippen LogP contribution is 2.24. The molecule has 11 nitrogen and oxygen atoms in total. The van der Waals surface area contributed by atoms with E-state index in [1.54, 1.807) is 6.20 Å². The molecule has 2 aromatic carbocycles. The van der Waals surface area contributed by atoms with Crippen LogP contribution in [-0.2, 0) is 32.0 Å². The molecule has 3 amide bonds. The number of nitrogens with one attached hydrogen (secondary N) is 4. The van der Waals surface area contributed by atoms with Crippen LogP contribution in [0.4, 0.5) is 0 Å². The minimum absolute atomic E-state index is 0.162. The summed E-state index contributed by atoms with van der Waals surface area (Å²) in [5.74, 6) is -1.51. The molecule has 1 saturated heterocycles. The van der Waals surface area contributed by atoms with Crippen LogP contribution in [0.15, 0.2) is 60.9 Å². The van der Waals surface area contributed by atoms with Crippen molar-refractivity contribution in [1.82, 2.24) is 25.5 Å². The molecular formula is C30H34N6O5. The van der Waals surface area contributed by atoms with Gasteiger partial charge in [0.05, 0.1) is 12.6 Å². The highest BCUT2D eigenvalue weighted by atomic mass is 16.3. The van der Waals surface area contributed by atoms with Gasteiger partial charge in [-0.05, 0) is 36.1 Å². The fourth-order valence-corrected chi connectivity index (χ4v) is 5.53. The second-order valence-electron chi connectivity index (χ2n) is 10.4. The van der Waals surface area contributed by atoms with Crippen molar-refractivity contribution in [3.63, 3.8) is 0 Å².